The normalized spacial score (nSPS) is 22.6. The van der Waals surface area contributed by atoms with Crippen LogP contribution in [0.3, 0.4) is 0 Å². The van der Waals surface area contributed by atoms with Crippen molar-refractivity contribution in [2.75, 3.05) is 18.1 Å². The van der Waals surface area contributed by atoms with Gasteiger partial charge in [-0.3, -0.25) is 4.79 Å². The molecule has 2 aliphatic rings. The van der Waals surface area contributed by atoms with Crippen LogP contribution in [0.25, 0.3) is 0 Å². The zero-order valence-corrected chi connectivity index (χ0v) is 17.7. The number of carbonyl (C=O) groups excluding carboxylic acids is 1. The molecule has 15 heteroatoms. The van der Waals surface area contributed by atoms with Crippen molar-refractivity contribution in [2.24, 2.45) is 10.7 Å². The highest BCUT2D eigenvalue weighted by atomic mass is 32.2. The van der Waals surface area contributed by atoms with Crippen molar-refractivity contribution < 1.29 is 40.2 Å². The number of aliphatic imine (C=N–C) groups is 1. The first kappa shape index (κ1) is 22.6. The molecule has 0 saturated heterocycles. The van der Waals surface area contributed by atoms with Crippen LogP contribution in [-0.4, -0.2) is 48.7 Å². The molecule has 3 heterocycles. The second-order valence-electron chi connectivity index (χ2n) is 7.40. The molecule has 10 nitrogen and oxygen atoms in total. The van der Waals surface area contributed by atoms with Crippen LogP contribution < -0.4 is 20.5 Å². The standard InChI is InChI=1S/C18H15F4N5O5S/c1-17(7-33(29,30)27(2)16(23)26-17)9-5-8(3-4-10(9)19)25-15(28)13-12(20)14-11(6-24-13)31-18(21,22)32-14/h3-6H,7H2,1-2H3,(H2,23,26)(H,25,28)/t17-/m0/s1. The molecule has 1 amide bonds. The molecule has 0 spiro atoms. The summed E-state index contributed by atoms with van der Waals surface area (Å²) in [4.78, 5) is 20.1. The fourth-order valence-corrected chi connectivity index (χ4v) is 4.79. The summed E-state index contributed by atoms with van der Waals surface area (Å²) in [5, 5.41) is 2.24. The Morgan fingerprint density at radius 1 is 1.27 bits per heavy atom. The van der Waals surface area contributed by atoms with E-state index < -0.39 is 62.3 Å². The van der Waals surface area contributed by atoms with Crippen LogP contribution in [0.1, 0.15) is 23.0 Å². The largest absolute Gasteiger partial charge is 0.586 e. The highest BCUT2D eigenvalue weighted by Gasteiger charge is 2.46. The third kappa shape index (κ3) is 3.88. The molecule has 0 aliphatic carbocycles. The van der Waals surface area contributed by atoms with E-state index in [9.17, 15) is 30.8 Å². The molecule has 2 aromatic rings. The van der Waals surface area contributed by atoms with Crippen molar-refractivity contribution in [2.45, 2.75) is 18.8 Å². The number of nitrogens with one attached hydrogen (secondary N) is 1. The topological polar surface area (TPSA) is 136 Å². The van der Waals surface area contributed by atoms with E-state index in [4.69, 9.17) is 5.73 Å². The Bertz CT molecular complexity index is 1320. The number of alkyl halides is 2. The summed E-state index contributed by atoms with van der Waals surface area (Å²) in [5.41, 5.74) is 2.86. The molecule has 4 rings (SSSR count). The molecule has 0 saturated carbocycles. The number of aromatic nitrogens is 1. The van der Waals surface area contributed by atoms with Crippen molar-refractivity contribution in [3.63, 3.8) is 0 Å². The number of fused-ring (bicyclic) bond motifs is 1. The van der Waals surface area contributed by atoms with Crippen molar-refractivity contribution in [3.8, 4) is 11.5 Å². The van der Waals surface area contributed by atoms with Gasteiger partial charge in [0.05, 0.1) is 11.9 Å². The van der Waals surface area contributed by atoms with Crippen LogP contribution >= 0.6 is 0 Å². The maximum Gasteiger partial charge on any atom is 0.586 e. The Morgan fingerprint density at radius 2 is 1.97 bits per heavy atom. The summed E-state index contributed by atoms with van der Waals surface area (Å²) in [7, 11) is -2.71. The second kappa shape index (κ2) is 7.19. The van der Waals surface area contributed by atoms with Gasteiger partial charge in [0.15, 0.2) is 11.4 Å². The smallest absolute Gasteiger partial charge is 0.393 e. The minimum atomic E-state index is -4.11. The van der Waals surface area contributed by atoms with Crippen molar-refractivity contribution >= 4 is 27.6 Å². The number of rotatable bonds is 3. The molecular weight excluding hydrogens is 474 g/mol. The third-order valence-electron chi connectivity index (χ3n) is 4.98. The highest BCUT2D eigenvalue weighted by Crippen LogP contribution is 2.43. The predicted octanol–water partition coefficient (Wildman–Crippen LogP) is 1.74. The summed E-state index contributed by atoms with van der Waals surface area (Å²) >= 11 is 0. The minimum absolute atomic E-state index is 0.0769. The number of nitrogens with zero attached hydrogens (tertiary/aromatic N) is 3. The van der Waals surface area contributed by atoms with Gasteiger partial charge in [-0.2, -0.15) is 0 Å². The third-order valence-corrected chi connectivity index (χ3v) is 6.92. The maximum absolute atomic E-state index is 14.6. The SMILES string of the molecule is CN1C(N)=N[C@](C)(c2cc(NC(=O)c3ncc4c(c3F)OC(F)(F)O4)ccc2F)CS1(=O)=O. The Labute approximate surface area is 184 Å². The number of guanidine groups is 1. The molecule has 0 bridgehead atoms. The van der Waals surface area contributed by atoms with E-state index in [1.807, 2.05) is 0 Å². The number of ether oxygens (including phenoxy) is 2. The zero-order chi connectivity index (χ0) is 24.3. The molecule has 1 aromatic carbocycles. The lowest BCUT2D eigenvalue weighted by atomic mass is 9.93. The van der Waals surface area contributed by atoms with Crippen molar-refractivity contribution in [1.29, 1.82) is 0 Å². The second-order valence-corrected chi connectivity index (χ2v) is 9.40. The van der Waals surface area contributed by atoms with Gasteiger partial charge in [0.25, 0.3) is 5.91 Å². The number of pyridine rings is 1. The number of halogens is 4. The monoisotopic (exact) mass is 489 g/mol. The number of sulfonamides is 1. The molecule has 1 atom stereocenters. The van der Waals surface area contributed by atoms with Gasteiger partial charge < -0.3 is 20.5 Å². The summed E-state index contributed by atoms with van der Waals surface area (Å²) < 4.78 is 89.0. The number of amides is 1. The van der Waals surface area contributed by atoms with Gasteiger partial charge in [0, 0.05) is 18.3 Å². The first-order valence-electron chi connectivity index (χ1n) is 9.10. The number of benzene rings is 1. The Hall–Kier alpha value is -3.62. The summed E-state index contributed by atoms with van der Waals surface area (Å²) in [6.45, 7) is 1.34. The van der Waals surface area contributed by atoms with Crippen LogP contribution in [0, 0.1) is 11.6 Å². The minimum Gasteiger partial charge on any atom is -0.393 e. The Kier molecular flexibility index (Phi) is 4.92. The van der Waals surface area contributed by atoms with E-state index in [2.05, 4.69) is 24.8 Å². The summed E-state index contributed by atoms with van der Waals surface area (Å²) in [6, 6.07) is 3.16. The number of nitrogens with two attached hydrogens (primary N) is 1. The molecular formula is C18H15F4N5O5S. The van der Waals surface area contributed by atoms with Crippen molar-refractivity contribution in [1.82, 2.24) is 9.29 Å². The molecule has 1 aromatic heterocycles. The van der Waals surface area contributed by atoms with Gasteiger partial charge in [0.2, 0.25) is 27.5 Å². The fourth-order valence-electron chi connectivity index (χ4n) is 3.34. The van der Waals surface area contributed by atoms with Crippen molar-refractivity contribution in [3.05, 3.63) is 47.3 Å². The zero-order valence-electron chi connectivity index (χ0n) is 16.9. The lowest BCUT2D eigenvalue weighted by Gasteiger charge is -2.34. The molecule has 0 unspecified atom stereocenters. The lowest BCUT2D eigenvalue weighted by molar-refractivity contribution is -0.287. The van der Waals surface area contributed by atoms with E-state index in [0.717, 1.165) is 22.5 Å². The van der Waals surface area contributed by atoms with Crippen LogP contribution in [0.4, 0.5) is 23.2 Å². The van der Waals surface area contributed by atoms with Gasteiger partial charge in [0.1, 0.15) is 11.4 Å². The van der Waals surface area contributed by atoms with E-state index in [1.54, 1.807) is 0 Å². The van der Waals surface area contributed by atoms with Gasteiger partial charge in [-0.05, 0) is 25.1 Å². The first-order valence-corrected chi connectivity index (χ1v) is 10.7. The quantitative estimate of drug-likeness (QED) is 0.627. The number of carbonyl (C=O) groups is 1. The Balaban J connectivity index is 1.66. The molecule has 0 fully saturated rings. The highest BCUT2D eigenvalue weighted by molar-refractivity contribution is 7.89. The van der Waals surface area contributed by atoms with Crippen LogP contribution in [0.15, 0.2) is 29.4 Å². The van der Waals surface area contributed by atoms with Crippen LogP contribution in [0.2, 0.25) is 0 Å². The van der Waals surface area contributed by atoms with E-state index in [0.29, 0.717) is 6.20 Å². The summed E-state index contributed by atoms with van der Waals surface area (Å²) in [6.07, 6.45) is -3.43. The summed E-state index contributed by atoms with van der Waals surface area (Å²) in [5.74, 6) is -6.15. The Morgan fingerprint density at radius 3 is 2.64 bits per heavy atom. The van der Waals surface area contributed by atoms with Gasteiger partial charge >= 0.3 is 6.29 Å². The number of anilines is 1. The first-order chi connectivity index (χ1) is 15.2. The van der Waals surface area contributed by atoms with Crippen LogP contribution in [-0.2, 0) is 15.6 Å². The molecule has 176 valence electrons. The lowest BCUT2D eigenvalue weighted by Crippen LogP contribution is -2.50. The van der Waals surface area contributed by atoms with E-state index >= 15 is 0 Å². The fraction of sp³-hybridized carbons (Fsp3) is 0.278. The molecule has 3 N–H and O–H groups in total. The average molecular weight is 489 g/mol. The molecule has 2 aliphatic heterocycles. The molecule has 33 heavy (non-hydrogen) atoms. The maximum atomic E-state index is 14.6. The van der Waals surface area contributed by atoms with Gasteiger partial charge in [-0.1, -0.05) is 0 Å². The molecule has 0 radical (unpaired) electrons. The number of hydrogen-bond donors (Lipinski definition) is 2. The van der Waals surface area contributed by atoms with Crippen LogP contribution in [0.5, 0.6) is 11.5 Å². The van der Waals surface area contributed by atoms with E-state index in [-0.39, 0.29) is 17.2 Å². The number of hydrogen-bond acceptors (Lipinski definition) is 8. The van der Waals surface area contributed by atoms with Gasteiger partial charge in [-0.15, -0.1) is 8.78 Å². The predicted molar refractivity (Wildman–Crippen MR) is 105 cm³/mol. The van der Waals surface area contributed by atoms with E-state index in [1.165, 1.54) is 14.0 Å². The average Bonchev–Trinajstić information content (AvgIpc) is 3.02. The van der Waals surface area contributed by atoms with Gasteiger partial charge in [-0.25, -0.2) is 31.5 Å².